The van der Waals surface area contributed by atoms with Gasteiger partial charge in [0, 0.05) is 26.4 Å². The highest BCUT2D eigenvalue weighted by atomic mass is 16.4. The van der Waals surface area contributed by atoms with Gasteiger partial charge in [0.1, 0.15) is 0 Å². The van der Waals surface area contributed by atoms with Gasteiger partial charge in [-0.15, -0.1) is 0 Å². The van der Waals surface area contributed by atoms with Gasteiger partial charge < -0.3 is 10.0 Å². The van der Waals surface area contributed by atoms with E-state index >= 15 is 0 Å². The number of nitrogens with zero attached hydrogens (tertiary/aromatic N) is 1. The van der Waals surface area contributed by atoms with E-state index < -0.39 is 5.97 Å². The summed E-state index contributed by atoms with van der Waals surface area (Å²) in [5, 5.41) is 8.59. The van der Waals surface area contributed by atoms with E-state index in [0.717, 1.165) is 12.8 Å². The lowest BCUT2D eigenvalue weighted by molar-refractivity contribution is -0.138. The Bertz CT molecular complexity index is 480. The van der Waals surface area contributed by atoms with Crippen molar-refractivity contribution in [3.05, 3.63) is 35.9 Å². The second-order valence-corrected chi connectivity index (χ2v) is 5.96. The molecule has 4 nitrogen and oxygen atoms in total. The van der Waals surface area contributed by atoms with E-state index in [9.17, 15) is 9.59 Å². The molecule has 4 heteroatoms. The highest BCUT2D eigenvalue weighted by molar-refractivity contribution is 5.76. The first-order chi connectivity index (χ1) is 10.1. The van der Waals surface area contributed by atoms with Gasteiger partial charge >= 0.3 is 5.97 Å². The smallest absolute Gasteiger partial charge is 0.303 e. The number of carbonyl (C=O) groups excluding carboxylic acids is 1. The molecule has 1 aromatic rings. The SMILES string of the molecule is CN(CCCC(=O)O)C(=O)CC1CC(c2ccccc2)C1. The molecule has 1 fully saturated rings. The van der Waals surface area contributed by atoms with Crippen LogP contribution in [0.4, 0.5) is 0 Å². The number of hydrogen-bond acceptors (Lipinski definition) is 2. The van der Waals surface area contributed by atoms with Crippen molar-refractivity contribution < 1.29 is 14.7 Å². The quantitative estimate of drug-likeness (QED) is 0.839. The van der Waals surface area contributed by atoms with E-state index in [0.29, 0.717) is 31.2 Å². The largest absolute Gasteiger partial charge is 0.481 e. The van der Waals surface area contributed by atoms with Crippen molar-refractivity contribution in [3.63, 3.8) is 0 Å². The van der Waals surface area contributed by atoms with Gasteiger partial charge in [-0.2, -0.15) is 0 Å². The minimum Gasteiger partial charge on any atom is -0.481 e. The molecule has 0 radical (unpaired) electrons. The van der Waals surface area contributed by atoms with Crippen molar-refractivity contribution in [2.24, 2.45) is 5.92 Å². The molecule has 0 heterocycles. The maximum Gasteiger partial charge on any atom is 0.303 e. The Hall–Kier alpha value is -1.84. The monoisotopic (exact) mass is 289 g/mol. The van der Waals surface area contributed by atoms with Crippen LogP contribution in [0.15, 0.2) is 30.3 Å². The minimum absolute atomic E-state index is 0.122. The topological polar surface area (TPSA) is 57.6 Å². The number of benzene rings is 1. The molecule has 1 N–H and O–H groups in total. The van der Waals surface area contributed by atoms with E-state index in [4.69, 9.17) is 5.11 Å². The van der Waals surface area contributed by atoms with Crippen molar-refractivity contribution in [3.8, 4) is 0 Å². The van der Waals surface area contributed by atoms with Gasteiger partial charge in [-0.3, -0.25) is 9.59 Å². The number of hydrogen-bond donors (Lipinski definition) is 1. The maximum atomic E-state index is 12.0. The first kappa shape index (κ1) is 15.5. The minimum atomic E-state index is -0.805. The molecule has 21 heavy (non-hydrogen) atoms. The molecule has 0 bridgehead atoms. The first-order valence-corrected chi connectivity index (χ1v) is 7.57. The molecule has 0 unspecified atom stereocenters. The molecule has 1 aliphatic rings. The van der Waals surface area contributed by atoms with Crippen molar-refractivity contribution in [2.45, 2.75) is 38.0 Å². The van der Waals surface area contributed by atoms with E-state index in [-0.39, 0.29) is 12.3 Å². The zero-order chi connectivity index (χ0) is 15.2. The number of carbonyl (C=O) groups is 2. The van der Waals surface area contributed by atoms with Crippen LogP contribution in [0, 0.1) is 5.92 Å². The lowest BCUT2D eigenvalue weighted by atomic mass is 9.70. The van der Waals surface area contributed by atoms with Crippen LogP contribution in [0.5, 0.6) is 0 Å². The molecule has 1 amide bonds. The summed E-state index contributed by atoms with van der Waals surface area (Å²) in [5.74, 6) is 0.406. The molecular formula is C17H23NO3. The third kappa shape index (κ3) is 4.59. The molecule has 0 spiro atoms. The average Bonchev–Trinajstić information content (AvgIpc) is 2.42. The van der Waals surface area contributed by atoms with Crippen molar-refractivity contribution in [1.29, 1.82) is 0 Å². The molecule has 1 aliphatic carbocycles. The molecular weight excluding hydrogens is 266 g/mol. The van der Waals surface area contributed by atoms with Crippen LogP contribution in [0.25, 0.3) is 0 Å². The van der Waals surface area contributed by atoms with Gasteiger partial charge in [0.05, 0.1) is 0 Å². The Morgan fingerprint density at radius 3 is 2.52 bits per heavy atom. The van der Waals surface area contributed by atoms with Crippen molar-refractivity contribution in [1.82, 2.24) is 4.90 Å². The van der Waals surface area contributed by atoms with Crippen LogP contribution >= 0.6 is 0 Å². The van der Waals surface area contributed by atoms with E-state index in [1.165, 1.54) is 5.56 Å². The third-order valence-electron chi connectivity index (χ3n) is 4.28. The highest BCUT2D eigenvalue weighted by Gasteiger charge is 2.32. The van der Waals surface area contributed by atoms with Crippen LogP contribution in [-0.2, 0) is 9.59 Å². The zero-order valence-electron chi connectivity index (χ0n) is 12.5. The van der Waals surface area contributed by atoms with Crippen LogP contribution < -0.4 is 0 Å². The predicted octanol–water partition coefficient (Wildman–Crippen LogP) is 2.89. The molecule has 114 valence electrons. The predicted molar refractivity (Wildman–Crippen MR) is 81.0 cm³/mol. The summed E-state index contributed by atoms with van der Waals surface area (Å²) in [5.41, 5.74) is 1.37. The maximum absolute atomic E-state index is 12.0. The number of rotatable bonds is 7. The summed E-state index contributed by atoms with van der Waals surface area (Å²) in [6, 6.07) is 10.4. The van der Waals surface area contributed by atoms with Gasteiger partial charge in [-0.25, -0.2) is 0 Å². The summed E-state index contributed by atoms with van der Waals surface area (Å²) < 4.78 is 0. The van der Waals surface area contributed by atoms with E-state index in [1.807, 2.05) is 6.07 Å². The molecule has 0 aliphatic heterocycles. The standard InChI is InChI=1S/C17H23NO3/c1-18(9-5-8-17(20)21)16(19)12-13-10-15(11-13)14-6-3-2-4-7-14/h2-4,6-7,13,15H,5,8-12H2,1H3,(H,20,21). The zero-order valence-corrected chi connectivity index (χ0v) is 12.5. The molecule has 0 atom stereocenters. The summed E-state index contributed by atoms with van der Waals surface area (Å²) in [4.78, 5) is 24.2. The third-order valence-corrected chi connectivity index (χ3v) is 4.28. The Balaban J connectivity index is 1.67. The Kier molecular flexibility index (Phi) is 5.37. The number of carboxylic acids is 1. The van der Waals surface area contributed by atoms with Crippen LogP contribution in [0.1, 0.15) is 43.6 Å². The van der Waals surface area contributed by atoms with Crippen LogP contribution in [0.3, 0.4) is 0 Å². The number of carboxylic acid groups (broad SMARTS) is 1. The fourth-order valence-corrected chi connectivity index (χ4v) is 2.89. The van der Waals surface area contributed by atoms with Crippen molar-refractivity contribution >= 4 is 11.9 Å². The Morgan fingerprint density at radius 1 is 1.24 bits per heavy atom. The molecule has 0 aromatic heterocycles. The van der Waals surface area contributed by atoms with Crippen molar-refractivity contribution in [2.75, 3.05) is 13.6 Å². The second-order valence-electron chi connectivity index (χ2n) is 5.96. The van der Waals surface area contributed by atoms with Gasteiger partial charge in [-0.1, -0.05) is 30.3 Å². The van der Waals surface area contributed by atoms with Gasteiger partial charge in [0.15, 0.2) is 0 Å². The van der Waals surface area contributed by atoms with Gasteiger partial charge in [0.25, 0.3) is 0 Å². The molecule has 2 rings (SSSR count). The Labute approximate surface area is 125 Å². The molecule has 1 aromatic carbocycles. The molecule has 0 saturated heterocycles. The van der Waals surface area contributed by atoms with E-state index in [1.54, 1.807) is 11.9 Å². The lowest BCUT2D eigenvalue weighted by Crippen LogP contribution is -2.33. The van der Waals surface area contributed by atoms with Gasteiger partial charge in [0.2, 0.25) is 5.91 Å². The summed E-state index contributed by atoms with van der Waals surface area (Å²) >= 11 is 0. The first-order valence-electron chi connectivity index (χ1n) is 7.57. The lowest BCUT2D eigenvalue weighted by Gasteiger charge is -2.36. The van der Waals surface area contributed by atoms with Gasteiger partial charge in [-0.05, 0) is 36.7 Å². The molecule has 1 saturated carbocycles. The fraction of sp³-hybridized carbons (Fsp3) is 0.529. The normalized spacial score (nSPS) is 20.6. The summed E-state index contributed by atoms with van der Waals surface area (Å²) in [7, 11) is 1.76. The van der Waals surface area contributed by atoms with Crippen LogP contribution in [0.2, 0.25) is 0 Å². The van der Waals surface area contributed by atoms with E-state index in [2.05, 4.69) is 24.3 Å². The Morgan fingerprint density at radius 2 is 1.90 bits per heavy atom. The fourth-order valence-electron chi connectivity index (χ4n) is 2.89. The number of aliphatic carboxylic acids is 1. The average molecular weight is 289 g/mol. The number of amides is 1. The second kappa shape index (κ2) is 7.25. The summed E-state index contributed by atoms with van der Waals surface area (Å²) in [6.45, 7) is 0.528. The highest BCUT2D eigenvalue weighted by Crippen LogP contribution is 2.43. The van der Waals surface area contributed by atoms with Crippen LogP contribution in [-0.4, -0.2) is 35.5 Å². The summed E-state index contributed by atoms with van der Waals surface area (Å²) in [6.07, 6.45) is 3.40.